The number of H-pyrrole nitrogens is 1. The summed E-state index contributed by atoms with van der Waals surface area (Å²) < 4.78 is 33.4. The van der Waals surface area contributed by atoms with E-state index in [0.29, 0.717) is 17.9 Å². The third kappa shape index (κ3) is 5.18. The largest absolute Gasteiger partial charge is 0.497 e. The lowest BCUT2D eigenvalue weighted by molar-refractivity contribution is -0.190. The highest BCUT2D eigenvalue weighted by Crippen LogP contribution is 2.50. The van der Waals surface area contributed by atoms with Crippen molar-refractivity contribution in [3.63, 3.8) is 0 Å². The minimum absolute atomic E-state index is 0.0149. The Kier molecular flexibility index (Phi) is 8.00. The normalized spacial score (nSPS) is 26.9. The highest BCUT2D eigenvalue weighted by Gasteiger charge is 2.54. The van der Waals surface area contributed by atoms with E-state index in [1.54, 1.807) is 45.6 Å². The van der Waals surface area contributed by atoms with Crippen LogP contribution in [0.2, 0.25) is 0 Å². The Morgan fingerprint density at radius 1 is 0.952 bits per heavy atom. The molecule has 1 saturated carbocycles. The monoisotopic (exact) mass is 578 g/mol. The second-order valence-electron chi connectivity index (χ2n) is 11.3. The number of nitrogens with one attached hydrogen (secondary N) is 1. The van der Waals surface area contributed by atoms with Gasteiger partial charge in [-0.25, -0.2) is 4.79 Å². The van der Waals surface area contributed by atoms with Crippen molar-refractivity contribution in [2.24, 2.45) is 17.8 Å². The van der Waals surface area contributed by atoms with E-state index in [9.17, 15) is 9.59 Å². The number of hydrogen-bond donors (Lipinski definition) is 1. The van der Waals surface area contributed by atoms with Gasteiger partial charge in [0.05, 0.1) is 33.3 Å². The SMILES string of the molecule is COC(=O)C1C2CC3c4[nH]c5cc(OC)ccc5c4CCN3CC2CC(OC(=O)COc2ccc(OC)cc2)C1OC. The Labute approximate surface area is 245 Å². The molecule has 2 aliphatic heterocycles. The first kappa shape index (κ1) is 28.4. The maximum absolute atomic E-state index is 13.3. The summed E-state index contributed by atoms with van der Waals surface area (Å²) in [6, 6.07) is 13.3. The molecule has 10 nitrogen and oxygen atoms in total. The predicted octanol–water partition coefficient (Wildman–Crippen LogP) is 3.92. The molecule has 3 aliphatic rings. The van der Waals surface area contributed by atoms with Gasteiger partial charge in [-0.3, -0.25) is 9.69 Å². The zero-order valence-electron chi connectivity index (χ0n) is 24.5. The third-order valence-corrected chi connectivity index (χ3v) is 9.30. The van der Waals surface area contributed by atoms with Crippen LogP contribution in [0.25, 0.3) is 10.9 Å². The van der Waals surface area contributed by atoms with Crippen LogP contribution in [0.15, 0.2) is 42.5 Å². The molecule has 42 heavy (non-hydrogen) atoms. The summed E-state index contributed by atoms with van der Waals surface area (Å²) in [6.45, 7) is 1.48. The quantitative estimate of drug-likeness (QED) is 0.398. The molecule has 0 bridgehead atoms. The average Bonchev–Trinajstić information content (AvgIpc) is 3.40. The zero-order valence-corrected chi connectivity index (χ0v) is 24.5. The first-order chi connectivity index (χ1) is 20.4. The van der Waals surface area contributed by atoms with Crippen LogP contribution in [-0.4, -0.2) is 82.2 Å². The Morgan fingerprint density at radius 3 is 2.40 bits per heavy atom. The fraction of sp³-hybridized carbons (Fsp3) is 0.500. The third-order valence-electron chi connectivity index (χ3n) is 9.30. The number of fused-ring (bicyclic) bond motifs is 6. The van der Waals surface area contributed by atoms with Crippen LogP contribution in [0, 0.1) is 17.8 Å². The molecule has 2 aromatic carbocycles. The van der Waals surface area contributed by atoms with Crippen LogP contribution in [0.1, 0.15) is 30.1 Å². The molecule has 0 amide bonds. The molecule has 0 radical (unpaired) electrons. The van der Waals surface area contributed by atoms with E-state index in [-0.39, 0.29) is 30.5 Å². The molecule has 1 N–H and O–H groups in total. The number of rotatable bonds is 8. The van der Waals surface area contributed by atoms with Gasteiger partial charge in [-0.05, 0) is 73.1 Å². The van der Waals surface area contributed by atoms with Crippen LogP contribution in [0.3, 0.4) is 0 Å². The van der Waals surface area contributed by atoms with E-state index in [0.717, 1.165) is 37.2 Å². The first-order valence-corrected chi connectivity index (χ1v) is 14.4. The second kappa shape index (κ2) is 11.9. The van der Waals surface area contributed by atoms with Gasteiger partial charge in [0.25, 0.3) is 0 Å². The molecule has 1 aromatic heterocycles. The molecule has 2 fully saturated rings. The van der Waals surface area contributed by atoms with Gasteiger partial charge in [0, 0.05) is 42.9 Å². The Bertz CT molecular complexity index is 1440. The van der Waals surface area contributed by atoms with Crippen molar-refractivity contribution < 1.29 is 38.0 Å². The molecule has 6 unspecified atom stereocenters. The van der Waals surface area contributed by atoms with Crippen molar-refractivity contribution in [2.75, 3.05) is 48.1 Å². The summed E-state index contributed by atoms with van der Waals surface area (Å²) in [5, 5.41) is 1.22. The fourth-order valence-corrected chi connectivity index (χ4v) is 7.37. The van der Waals surface area contributed by atoms with Crippen molar-refractivity contribution in [1.29, 1.82) is 0 Å². The number of hydrogen-bond acceptors (Lipinski definition) is 9. The lowest BCUT2D eigenvalue weighted by atomic mass is 9.64. The molecule has 224 valence electrons. The smallest absolute Gasteiger partial charge is 0.344 e. The van der Waals surface area contributed by atoms with Crippen LogP contribution in [0.4, 0.5) is 0 Å². The second-order valence-corrected chi connectivity index (χ2v) is 11.3. The summed E-state index contributed by atoms with van der Waals surface area (Å²) in [5.41, 5.74) is 3.62. The minimum Gasteiger partial charge on any atom is -0.497 e. The molecule has 0 spiro atoms. The number of aromatic nitrogens is 1. The molecule has 3 heterocycles. The number of nitrogens with zero attached hydrogens (tertiary/aromatic N) is 1. The van der Waals surface area contributed by atoms with E-state index < -0.39 is 24.1 Å². The van der Waals surface area contributed by atoms with Gasteiger partial charge in [-0.1, -0.05) is 0 Å². The maximum Gasteiger partial charge on any atom is 0.344 e. The highest BCUT2D eigenvalue weighted by atomic mass is 16.6. The highest BCUT2D eigenvalue weighted by molar-refractivity contribution is 5.86. The summed E-state index contributed by atoms with van der Waals surface area (Å²) in [5.74, 6) is 0.800. The molecule has 10 heteroatoms. The van der Waals surface area contributed by atoms with Gasteiger partial charge in [0.15, 0.2) is 6.61 Å². The Balaban J connectivity index is 1.21. The van der Waals surface area contributed by atoms with Gasteiger partial charge >= 0.3 is 11.9 Å². The maximum atomic E-state index is 13.3. The van der Waals surface area contributed by atoms with Crippen molar-refractivity contribution >= 4 is 22.8 Å². The van der Waals surface area contributed by atoms with Crippen LogP contribution >= 0.6 is 0 Å². The zero-order chi connectivity index (χ0) is 29.4. The topological polar surface area (TPSA) is 109 Å². The van der Waals surface area contributed by atoms with Crippen LogP contribution in [0.5, 0.6) is 17.2 Å². The fourth-order valence-electron chi connectivity index (χ4n) is 7.37. The number of ether oxygens (including phenoxy) is 6. The molecule has 6 rings (SSSR count). The molecular formula is C32H38N2O8. The molecule has 1 saturated heterocycles. The molecular weight excluding hydrogens is 540 g/mol. The molecule has 6 atom stereocenters. The van der Waals surface area contributed by atoms with Gasteiger partial charge in [0.1, 0.15) is 29.5 Å². The van der Waals surface area contributed by atoms with Crippen molar-refractivity contribution in [3.8, 4) is 17.2 Å². The van der Waals surface area contributed by atoms with E-state index in [1.807, 2.05) is 12.1 Å². The number of piperidine rings is 1. The molecule has 1 aliphatic carbocycles. The van der Waals surface area contributed by atoms with E-state index in [4.69, 9.17) is 28.4 Å². The number of esters is 2. The van der Waals surface area contributed by atoms with E-state index in [1.165, 1.54) is 23.8 Å². The lowest BCUT2D eigenvalue weighted by Gasteiger charge is -2.52. The number of carbonyl (C=O) groups excluding carboxylic acids is 2. The summed E-state index contributed by atoms with van der Waals surface area (Å²) >= 11 is 0. The average molecular weight is 579 g/mol. The first-order valence-electron chi connectivity index (χ1n) is 14.4. The lowest BCUT2D eigenvalue weighted by Crippen LogP contribution is -2.58. The summed E-state index contributed by atoms with van der Waals surface area (Å²) in [6.07, 6.45) is 1.11. The van der Waals surface area contributed by atoms with Crippen molar-refractivity contribution in [1.82, 2.24) is 9.88 Å². The summed E-state index contributed by atoms with van der Waals surface area (Å²) in [4.78, 5) is 32.4. The van der Waals surface area contributed by atoms with Crippen LogP contribution < -0.4 is 14.2 Å². The van der Waals surface area contributed by atoms with E-state index in [2.05, 4.69) is 16.0 Å². The standard InChI is InChI=1S/C32H38N2O8/c1-37-19-5-7-20(8-6-19)41-17-28(35)42-27-13-18-16-34-12-11-23-22-10-9-21(38-2)14-25(22)33-30(23)26(34)15-24(18)29(31(27)39-3)32(36)40-4/h5-10,14,18,24,26-27,29,31,33H,11-13,15-17H2,1-4H3. The Hall–Kier alpha value is -3.76. The van der Waals surface area contributed by atoms with Crippen LogP contribution in [-0.2, 0) is 30.2 Å². The minimum atomic E-state index is -0.620. The number of aromatic amines is 1. The van der Waals surface area contributed by atoms with Gasteiger partial charge < -0.3 is 33.4 Å². The number of methoxy groups -OCH3 is 4. The number of carbonyl (C=O) groups is 2. The van der Waals surface area contributed by atoms with Crippen molar-refractivity contribution in [2.45, 2.75) is 37.5 Å². The predicted molar refractivity (Wildman–Crippen MR) is 154 cm³/mol. The summed E-state index contributed by atoms with van der Waals surface area (Å²) in [7, 11) is 6.23. The molecule has 3 aromatic rings. The number of benzene rings is 2. The van der Waals surface area contributed by atoms with Gasteiger partial charge in [-0.15, -0.1) is 0 Å². The van der Waals surface area contributed by atoms with Gasteiger partial charge in [0.2, 0.25) is 0 Å². The van der Waals surface area contributed by atoms with Gasteiger partial charge in [-0.2, -0.15) is 0 Å². The van der Waals surface area contributed by atoms with E-state index >= 15 is 0 Å². The van der Waals surface area contributed by atoms with Crippen molar-refractivity contribution in [3.05, 3.63) is 53.7 Å². The Morgan fingerprint density at radius 2 is 1.69 bits per heavy atom.